The minimum atomic E-state index is -4.20. The van der Waals surface area contributed by atoms with Crippen LogP contribution in [0.15, 0.2) is 44.7 Å². The number of nitrogens with zero attached hydrogens (tertiary/aromatic N) is 5. The number of fused-ring (bicyclic) bond motifs is 5. The highest BCUT2D eigenvalue weighted by Gasteiger charge is 2.59. The van der Waals surface area contributed by atoms with E-state index in [2.05, 4.69) is 74.8 Å². The first-order chi connectivity index (χ1) is 26.7. The lowest BCUT2D eigenvalue weighted by Crippen LogP contribution is -2.50. The maximum Gasteiger partial charge on any atom is 0.475 e. The normalized spacial score (nSPS) is 36.1. The summed E-state index contributed by atoms with van der Waals surface area (Å²) in [4.78, 5) is 29.7. The summed E-state index contributed by atoms with van der Waals surface area (Å²) >= 11 is 0. The Morgan fingerprint density at radius 2 is 1.95 bits per heavy atom. The van der Waals surface area contributed by atoms with Crippen molar-refractivity contribution in [1.29, 1.82) is 5.26 Å². The Labute approximate surface area is 331 Å². The van der Waals surface area contributed by atoms with Crippen LogP contribution in [-0.2, 0) is 22.9 Å². The zero-order valence-corrected chi connectivity index (χ0v) is 35.3. The standard InChI is InChI=1S/C42H63N6O7P/c1-8-29(26(2)3)11-10-27(4)33-14-15-34-32-13-12-30-22-31(16-18-41(30,6)35(32)17-19-42(33,34)7)55-56(51,52-21-9-20-43)53-25-37-36(46-47-44)23-38(54-37)48-24-28(5)39(49)45-40(48)50/h10-12,24,26-27,29,31-38H,8-9,13-19,21-23,25H2,1-7H3,(H,45,49,50)/b11-10+/t27-,29+,31+,32+,33-,34+,35+,36+,37-,38-,41+,42-,56-/m1/s1. The molecule has 6 rings (SSSR count). The van der Waals surface area contributed by atoms with Gasteiger partial charge in [-0.25, -0.2) is 9.36 Å². The van der Waals surface area contributed by atoms with Crippen molar-refractivity contribution < 1.29 is 22.9 Å². The number of ether oxygens (including phenoxy) is 1. The Bertz CT molecular complexity index is 1900. The second-order valence-electron chi connectivity index (χ2n) is 18.1. The molecule has 5 aliphatic rings. The number of nitriles is 1. The summed E-state index contributed by atoms with van der Waals surface area (Å²) in [6, 6.07) is 1.26. The SMILES string of the molecule is CC[C@@H](/C=C/[C@@H](C)[C@H]1CC[C@H]2[C@@H]3CC=C4C[C@@H](O[P@](=O)(OCCC#N)OC[C@H]5O[C@@H](n6cc(C)c(=O)[nH]c6=O)C[C@@H]5N=[N+]=[N-])CC[C@]4(C)[C@H]3CC[C@]12C)C(C)C. The molecule has 13 nitrogen and oxygen atoms in total. The minimum absolute atomic E-state index is 0.00128. The lowest BCUT2D eigenvalue weighted by atomic mass is 9.47. The summed E-state index contributed by atoms with van der Waals surface area (Å²) in [5, 5.41) is 13.0. The van der Waals surface area contributed by atoms with E-state index in [1.165, 1.54) is 48.4 Å². The van der Waals surface area contributed by atoms with Crippen LogP contribution in [0, 0.1) is 70.5 Å². The summed E-state index contributed by atoms with van der Waals surface area (Å²) in [5.74, 6) is 4.59. The van der Waals surface area contributed by atoms with Gasteiger partial charge in [-0.1, -0.05) is 70.5 Å². The lowest BCUT2D eigenvalue weighted by molar-refractivity contribution is -0.0567. The van der Waals surface area contributed by atoms with E-state index in [4.69, 9.17) is 18.3 Å². The summed E-state index contributed by atoms with van der Waals surface area (Å²) in [7, 11) is -4.20. The molecule has 1 aliphatic heterocycles. The zero-order valence-electron chi connectivity index (χ0n) is 34.4. The average molecular weight is 795 g/mol. The van der Waals surface area contributed by atoms with E-state index in [0.29, 0.717) is 59.3 Å². The van der Waals surface area contributed by atoms with E-state index in [1.54, 1.807) is 6.92 Å². The molecular formula is C42H63N6O7P. The number of nitrogens with one attached hydrogen (secondary N) is 1. The molecule has 3 saturated carbocycles. The van der Waals surface area contributed by atoms with Gasteiger partial charge in [0.1, 0.15) is 6.23 Å². The van der Waals surface area contributed by atoms with Gasteiger partial charge in [0.05, 0.1) is 44.0 Å². The number of aryl methyl sites for hydroxylation is 1. The van der Waals surface area contributed by atoms with Crippen LogP contribution >= 0.6 is 7.82 Å². The molecule has 4 aliphatic carbocycles. The van der Waals surface area contributed by atoms with Crippen LogP contribution < -0.4 is 11.2 Å². The first-order valence-electron chi connectivity index (χ1n) is 21.0. The van der Waals surface area contributed by atoms with Gasteiger partial charge in [-0.15, -0.1) is 0 Å². The summed E-state index contributed by atoms with van der Waals surface area (Å²) in [6.07, 6.45) is 16.5. The second-order valence-corrected chi connectivity index (χ2v) is 19.7. The van der Waals surface area contributed by atoms with E-state index in [0.717, 1.165) is 18.8 Å². The first kappa shape index (κ1) is 42.6. The Hall–Kier alpha value is -2.97. The summed E-state index contributed by atoms with van der Waals surface area (Å²) in [6.45, 7) is 15.6. The highest BCUT2D eigenvalue weighted by molar-refractivity contribution is 7.48. The topological polar surface area (TPSA) is 181 Å². The van der Waals surface area contributed by atoms with Crippen LogP contribution in [0.2, 0.25) is 0 Å². The molecule has 0 aromatic carbocycles. The average Bonchev–Trinajstić information content (AvgIpc) is 3.73. The monoisotopic (exact) mass is 794 g/mol. The molecule has 1 saturated heterocycles. The molecule has 1 aromatic heterocycles. The number of allylic oxidation sites excluding steroid dienone is 3. The van der Waals surface area contributed by atoms with Crippen molar-refractivity contribution in [3.63, 3.8) is 0 Å². The molecular weight excluding hydrogens is 731 g/mol. The van der Waals surface area contributed by atoms with Crippen LogP contribution in [0.1, 0.15) is 124 Å². The van der Waals surface area contributed by atoms with Crippen LogP contribution in [0.5, 0.6) is 0 Å². The number of phosphoric ester groups is 1. The Kier molecular flexibility index (Phi) is 13.3. The van der Waals surface area contributed by atoms with E-state index in [9.17, 15) is 24.9 Å². The van der Waals surface area contributed by atoms with Crippen LogP contribution in [0.3, 0.4) is 0 Å². The third-order valence-electron chi connectivity index (χ3n) is 14.8. The van der Waals surface area contributed by atoms with Crippen molar-refractivity contribution in [1.82, 2.24) is 9.55 Å². The fourth-order valence-corrected chi connectivity index (χ4v) is 13.0. The molecule has 13 atom stereocenters. The molecule has 1 aromatic rings. The number of hydrogen-bond donors (Lipinski definition) is 1. The highest BCUT2D eigenvalue weighted by atomic mass is 31.2. The van der Waals surface area contributed by atoms with Gasteiger partial charge in [0.15, 0.2) is 0 Å². The van der Waals surface area contributed by atoms with Crippen molar-refractivity contribution in [2.45, 2.75) is 144 Å². The predicted octanol–water partition coefficient (Wildman–Crippen LogP) is 9.71. The van der Waals surface area contributed by atoms with Crippen LogP contribution in [-0.4, -0.2) is 41.0 Å². The second kappa shape index (κ2) is 17.5. The van der Waals surface area contributed by atoms with Gasteiger partial charge >= 0.3 is 13.5 Å². The fraction of sp³-hybridized carbons (Fsp3) is 0.786. The number of hydrogen-bond acceptors (Lipinski definition) is 9. The maximum absolute atomic E-state index is 14.3. The largest absolute Gasteiger partial charge is 0.475 e. The van der Waals surface area contributed by atoms with Crippen molar-refractivity contribution in [3.8, 4) is 6.07 Å². The molecule has 56 heavy (non-hydrogen) atoms. The molecule has 308 valence electrons. The van der Waals surface area contributed by atoms with Gasteiger partial charge in [0, 0.05) is 23.1 Å². The minimum Gasteiger partial charge on any atom is -0.352 e. The van der Waals surface area contributed by atoms with E-state index in [1.807, 2.05) is 6.07 Å². The molecule has 0 bridgehead atoms. The number of aromatic amines is 1. The first-order valence-corrected chi connectivity index (χ1v) is 22.5. The van der Waals surface area contributed by atoms with Gasteiger partial charge < -0.3 is 4.74 Å². The van der Waals surface area contributed by atoms with Crippen molar-refractivity contribution in [2.24, 2.45) is 57.4 Å². The zero-order chi connectivity index (χ0) is 40.4. The number of phosphoric acid groups is 1. The summed E-state index contributed by atoms with van der Waals surface area (Å²) in [5.41, 5.74) is 10.2. The Balaban J connectivity index is 1.12. The third-order valence-corrected chi connectivity index (χ3v) is 16.3. The Morgan fingerprint density at radius 1 is 1.16 bits per heavy atom. The molecule has 2 heterocycles. The van der Waals surface area contributed by atoms with E-state index < -0.39 is 43.5 Å². The smallest absolute Gasteiger partial charge is 0.352 e. The number of aromatic nitrogens is 2. The molecule has 0 radical (unpaired) electrons. The molecule has 1 N–H and O–H groups in total. The molecule has 0 amide bonds. The van der Waals surface area contributed by atoms with Gasteiger partial charge in [0.25, 0.3) is 5.56 Å². The molecule has 4 fully saturated rings. The fourth-order valence-electron chi connectivity index (χ4n) is 11.6. The van der Waals surface area contributed by atoms with Crippen LogP contribution in [0.25, 0.3) is 10.4 Å². The van der Waals surface area contributed by atoms with Gasteiger partial charge in [-0.3, -0.25) is 27.9 Å². The third kappa shape index (κ3) is 8.58. The van der Waals surface area contributed by atoms with E-state index >= 15 is 0 Å². The predicted molar refractivity (Wildman–Crippen MR) is 214 cm³/mol. The van der Waals surface area contributed by atoms with Gasteiger partial charge in [0.2, 0.25) is 0 Å². The van der Waals surface area contributed by atoms with Crippen molar-refractivity contribution in [2.75, 3.05) is 13.2 Å². The number of H-pyrrole nitrogens is 1. The van der Waals surface area contributed by atoms with Crippen molar-refractivity contribution >= 4 is 7.82 Å². The maximum atomic E-state index is 14.3. The number of azide groups is 1. The van der Waals surface area contributed by atoms with Crippen LogP contribution in [0.4, 0.5) is 0 Å². The quantitative estimate of drug-likeness (QED) is 0.0455. The van der Waals surface area contributed by atoms with Gasteiger partial charge in [-0.05, 0) is 122 Å². The van der Waals surface area contributed by atoms with Crippen molar-refractivity contribution in [3.05, 3.63) is 66.8 Å². The Morgan fingerprint density at radius 3 is 2.66 bits per heavy atom. The summed E-state index contributed by atoms with van der Waals surface area (Å²) < 4.78 is 39.4. The van der Waals surface area contributed by atoms with Gasteiger partial charge in [-0.2, -0.15) is 5.26 Å². The molecule has 0 spiro atoms. The molecule has 0 unspecified atom stereocenters. The lowest BCUT2D eigenvalue weighted by Gasteiger charge is -2.58. The highest BCUT2D eigenvalue weighted by Crippen LogP contribution is 2.68. The number of rotatable bonds is 15. The van der Waals surface area contributed by atoms with E-state index in [-0.39, 0.29) is 31.5 Å². The molecule has 14 heteroatoms.